The van der Waals surface area contributed by atoms with Crippen molar-refractivity contribution in [3.8, 4) is 0 Å². The topological polar surface area (TPSA) is 35.9 Å². The van der Waals surface area contributed by atoms with Crippen LogP contribution in [0.1, 0.15) is 17.2 Å². The molecule has 1 aliphatic rings. The summed E-state index contributed by atoms with van der Waals surface area (Å²) in [4.78, 5) is 4.87. The predicted octanol–water partition coefficient (Wildman–Crippen LogP) is 2.96. The second-order valence-electron chi connectivity index (χ2n) is 7.04. The molecular weight excluding hydrogens is 336 g/mol. The molecule has 1 N–H and O–H groups in total. The Balaban J connectivity index is 1.61. The molecule has 1 saturated heterocycles. The molecule has 4 heteroatoms. The fraction of sp³-hybridized carbons (Fsp3) is 0.391. The molecule has 3 rings (SSSR count). The van der Waals surface area contributed by atoms with E-state index in [2.05, 4.69) is 77.0 Å². The Bertz CT molecular complexity index is 630. The molecule has 1 atom stereocenters. The number of aliphatic hydroxyl groups is 1. The Morgan fingerprint density at radius 1 is 0.926 bits per heavy atom. The lowest BCUT2D eigenvalue weighted by atomic mass is 9.96. The zero-order valence-corrected chi connectivity index (χ0v) is 15.9. The van der Waals surface area contributed by atoms with Crippen LogP contribution in [0.5, 0.6) is 0 Å². The molecule has 1 aliphatic heterocycles. The lowest BCUT2D eigenvalue weighted by Crippen LogP contribution is -2.50. The SMILES string of the molecule is C=CCOC[C@H](O)CN1CCN(C(c2ccccc2)c2ccccc2)CC1. The molecule has 1 fully saturated rings. The van der Waals surface area contributed by atoms with Crippen LogP contribution in [0.15, 0.2) is 73.3 Å². The molecule has 4 nitrogen and oxygen atoms in total. The van der Waals surface area contributed by atoms with Gasteiger partial charge in [0.25, 0.3) is 0 Å². The molecular formula is C23H30N2O2. The molecule has 0 amide bonds. The quantitative estimate of drug-likeness (QED) is 0.547. The summed E-state index contributed by atoms with van der Waals surface area (Å²) >= 11 is 0. The predicted molar refractivity (Wildman–Crippen MR) is 110 cm³/mol. The normalized spacial score (nSPS) is 17.1. The number of β-amino-alcohol motifs (C(OH)–C–C–N with tert-alkyl or cyclic N) is 1. The monoisotopic (exact) mass is 366 g/mol. The van der Waals surface area contributed by atoms with E-state index >= 15 is 0 Å². The highest BCUT2D eigenvalue weighted by atomic mass is 16.5. The van der Waals surface area contributed by atoms with Crippen molar-refractivity contribution in [1.82, 2.24) is 9.80 Å². The molecule has 0 radical (unpaired) electrons. The maximum Gasteiger partial charge on any atom is 0.0900 e. The molecule has 2 aromatic carbocycles. The van der Waals surface area contributed by atoms with E-state index in [1.807, 2.05) is 0 Å². The summed E-state index contributed by atoms with van der Waals surface area (Å²) < 4.78 is 5.36. The first-order valence-electron chi connectivity index (χ1n) is 9.71. The fourth-order valence-corrected chi connectivity index (χ4v) is 3.73. The number of aliphatic hydroxyl groups excluding tert-OH is 1. The van der Waals surface area contributed by atoms with Crippen LogP contribution >= 0.6 is 0 Å². The number of rotatable bonds is 9. The first kappa shape index (κ1) is 19.8. The molecule has 0 spiro atoms. The number of benzene rings is 2. The molecule has 0 unspecified atom stereocenters. The van der Waals surface area contributed by atoms with Gasteiger partial charge in [-0.15, -0.1) is 6.58 Å². The van der Waals surface area contributed by atoms with Gasteiger partial charge in [-0.1, -0.05) is 66.7 Å². The maximum atomic E-state index is 10.1. The van der Waals surface area contributed by atoms with E-state index < -0.39 is 6.10 Å². The van der Waals surface area contributed by atoms with Crippen LogP contribution in [-0.2, 0) is 4.74 Å². The minimum absolute atomic E-state index is 0.274. The van der Waals surface area contributed by atoms with E-state index in [-0.39, 0.29) is 6.04 Å². The highest BCUT2D eigenvalue weighted by Crippen LogP contribution is 2.29. The molecule has 0 bridgehead atoms. The van der Waals surface area contributed by atoms with Crippen molar-refractivity contribution in [3.05, 3.63) is 84.4 Å². The number of piperazine rings is 1. The van der Waals surface area contributed by atoms with Crippen molar-refractivity contribution in [1.29, 1.82) is 0 Å². The largest absolute Gasteiger partial charge is 0.389 e. The summed E-state index contributed by atoms with van der Waals surface area (Å²) in [6.45, 7) is 9.00. The van der Waals surface area contributed by atoms with Gasteiger partial charge in [0.15, 0.2) is 0 Å². The Morgan fingerprint density at radius 3 is 2.00 bits per heavy atom. The molecule has 144 valence electrons. The van der Waals surface area contributed by atoms with Gasteiger partial charge in [-0.25, -0.2) is 0 Å². The van der Waals surface area contributed by atoms with Gasteiger partial charge in [0.05, 0.1) is 25.4 Å². The van der Waals surface area contributed by atoms with Gasteiger partial charge in [-0.05, 0) is 11.1 Å². The highest BCUT2D eigenvalue weighted by Gasteiger charge is 2.26. The molecule has 0 saturated carbocycles. The zero-order valence-electron chi connectivity index (χ0n) is 15.9. The second-order valence-corrected chi connectivity index (χ2v) is 7.04. The van der Waals surface area contributed by atoms with Crippen LogP contribution in [-0.4, -0.2) is 66.9 Å². The van der Waals surface area contributed by atoms with Crippen molar-refractivity contribution in [2.24, 2.45) is 0 Å². The van der Waals surface area contributed by atoms with Gasteiger partial charge < -0.3 is 9.84 Å². The first-order chi connectivity index (χ1) is 13.3. The molecule has 2 aromatic rings. The molecule has 1 heterocycles. The van der Waals surface area contributed by atoms with Crippen LogP contribution < -0.4 is 0 Å². The summed E-state index contributed by atoms with van der Waals surface area (Å²) in [5, 5.41) is 10.1. The standard InChI is InChI=1S/C23H30N2O2/c1-2-17-27-19-22(26)18-24-13-15-25(16-14-24)23(20-9-5-3-6-10-20)21-11-7-4-8-12-21/h2-12,22-23,26H,1,13-19H2/t22-/m1/s1. The van der Waals surface area contributed by atoms with Crippen LogP contribution in [0.3, 0.4) is 0 Å². The van der Waals surface area contributed by atoms with Crippen molar-refractivity contribution in [2.75, 3.05) is 45.9 Å². The van der Waals surface area contributed by atoms with Gasteiger partial charge in [-0.2, -0.15) is 0 Å². The van der Waals surface area contributed by atoms with E-state index in [1.165, 1.54) is 11.1 Å². The average Bonchev–Trinajstić information content (AvgIpc) is 2.71. The van der Waals surface area contributed by atoms with Crippen LogP contribution in [0, 0.1) is 0 Å². The van der Waals surface area contributed by atoms with E-state index in [4.69, 9.17) is 4.74 Å². The molecule has 0 aromatic heterocycles. The Labute approximate surface area is 162 Å². The zero-order chi connectivity index (χ0) is 18.9. The Morgan fingerprint density at radius 2 is 1.48 bits per heavy atom. The Hall–Kier alpha value is -1.98. The third-order valence-electron chi connectivity index (χ3n) is 5.02. The average molecular weight is 367 g/mol. The van der Waals surface area contributed by atoms with Crippen LogP contribution in [0.4, 0.5) is 0 Å². The number of ether oxygens (including phenoxy) is 1. The van der Waals surface area contributed by atoms with Crippen molar-refractivity contribution >= 4 is 0 Å². The van der Waals surface area contributed by atoms with Crippen molar-refractivity contribution < 1.29 is 9.84 Å². The van der Waals surface area contributed by atoms with Crippen molar-refractivity contribution in [2.45, 2.75) is 12.1 Å². The number of hydrogen-bond donors (Lipinski definition) is 1. The summed E-state index contributed by atoms with van der Waals surface area (Å²) in [7, 11) is 0. The number of hydrogen-bond acceptors (Lipinski definition) is 4. The third-order valence-corrected chi connectivity index (χ3v) is 5.02. The van der Waals surface area contributed by atoms with Gasteiger partial charge in [0.1, 0.15) is 0 Å². The third kappa shape index (κ3) is 5.75. The molecule has 0 aliphatic carbocycles. The van der Waals surface area contributed by atoms with Crippen LogP contribution in [0.25, 0.3) is 0 Å². The van der Waals surface area contributed by atoms with Crippen LogP contribution in [0.2, 0.25) is 0 Å². The molecule has 27 heavy (non-hydrogen) atoms. The van der Waals surface area contributed by atoms with E-state index in [0.717, 1.165) is 26.2 Å². The van der Waals surface area contributed by atoms with E-state index in [0.29, 0.717) is 19.8 Å². The van der Waals surface area contributed by atoms with Gasteiger partial charge in [-0.3, -0.25) is 9.80 Å². The lowest BCUT2D eigenvalue weighted by molar-refractivity contribution is 0.0120. The maximum absolute atomic E-state index is 10.1. The van der Waals surface area contributed by atoms with E-state index in [1.54, 1.807) is 6.08 Å². The minimum Gasteiger partial charge on any atom is -0.389 e. The summed E-state index contributed by atoms with van der Waals surface area (Å²) in [6, 6.07) is 21.7. The van der Waals surface area contributed by atoms with Gasteiger partial charge in [0.2, 0.25) is 0 Å². The summed E-state index contributed by atoms with van der Waals surface area (Å²) in [5.41, 5.74) is 2.66. The minimum atomic E-state index is -0.449. The van der Waals surface area contributed by atoms with E-state index in [9.17, 15) is 5.11 Å². The fourth-order valence-electron chi connectivity index (χ4n) is 3.73. The van der Waals surface area contributed by atoms with Crippen molar-refractivity contribution in [3.63, 3.8) is 0 Å². The summed E-state index contributed by atoms with van der Waals surface area (Å²) in [5.74, 6) is 0. The van der Waals surface area contributed by atoms with Gasteiger partial charge in [0, 0.05) is 32.7 Å². The lowest BCUT2D eigenvalue weighted by Gasteiger charge is -2.40. The smallest absolute Gasteiger partial charge is 0.0900 e. The first-order valence-corrected chi connectivity index (χ1v) is 9.71. The highest BCUT2D eigenvalue weighted by molar-refractivity contribution is 5.31. The van der Waals surface area contributed by atoms with Gasteiger partial charge >= 0.3 is 0 Å². The second kappa shape index (κ2) is 10.4. The number of nitrogens with zero attached hydrogens (tertiary/aromatic N) is 2. The Kier molecular flexibility index (Phi) is 7.60. The summed E-state index contributed by atoms with van der Waals surface area (Å²) in [6.07, 6.45) is 1.26.